The number of carbonyl (C=O) groups excluding carboxylic acids is 3. The Morgan fingerprint density at radius 3 is 2.21 bits per heavy atom. The highest BCUT2D eigenvalue weighted by Gasteiger charge is 2.51. The minimum Gasteiger partial charge on any atom is -0.476 e. The molecule has 78 valence electrons. The van der Waals surface area contributed by atoms with E-state index in [1.54, 1.807) is 0 Å². The summed E-state index contributed by atoms with van der Waals surface area (Å²) < 4.78 is 4.05. The maximum absolute atomic E-state index is 10.8. The second kappa shape index (κ2) is 4.21. The lowest BCUT2D eigenvalue weighted by Crippen LogP contribution is -2.62. The smallest absolute Gasteiger partial charge is 0.380 e. The summed E-state index contributed by atoms with van der Waals surface area (Å²) in [6, 6.07) is 0. The summed E-state index contributed by atoms with van der Waals surface area (Å²) in [7, 11) is 0.940. The van der Waals surface area contributed by atoms with Crippen molar-refractivity contribution in [1.82, 2.24) is 4.90 Å². The van der Waals surface area contributed by atoms with Crippen molar-refractivity contribution in [3.05, 3.63) is 0 Å². The number of carbonyl (C=O) groups is 4. The molecule has 0 aromatic heterocycles. The molecule has 14 heavy (non-hydrogen) atoms. The molecular formula is C6H8N2O6. The number of likely N-dealkylation sites (N-methyl/N-ethyl adjacent to an activating group) is 1. The molecule has 0 saturated heterocycles. The van der Waals surface area contributed by atoms with E-state index >= 15 is 0 Å². The van der Waals surface area contributed by atoms with Crippen molar-refractivity contribution >= 4 is 24.8 Å². The van der Waals surface area contributed by atoms with Gasteiger partial charge in [-0.1, -0.05) is 0 Å². The van der Waals surface area contributed by atoms with E-state index in [1.807, 2.05) is 0 Å². The van der Waals surface area contributed by atoms with Gasteiger partial charge < -0.3 is 15.6 Å². The Morgan fingerprint density at radius 2 is 2.00 bits per heavy atom. The molecule has 8 heteroatoms. The SMILES string of the molecule is CN(C=O)C(OC=O)(C(N)=O)C(=O)O. The zero-order chi connectivity index (χ0) is 11.4. The van der Waals surface area contributed by atoms with Crippen LogP contribution in [0.2, 0.25) is 0 Å². The second-order valence-electron chi connectivity index (χ2n) is 2.24. The van der Waals surface area contributed by atoms with E-state index in [-0.39, 0.29) is 12.9 Å². The van der Waals surface area contributed by atoms with Crippen molar-refractivity contribution < 1.29 is 29.0 Å². The quantitative estimate of drug-likeness (QED) is 0.280. The van der Waals surface area contributed by atoms with Crippen LogP contribution in [0.15, 0.2) is 0 Å². The first-order valence-electron chi connectivity index (χ1n) is 3.26. The highest BCUT2D eigenvalue weighted by Crippen LogP contribution is 2.13. The van der Waals surface area contributed by atoms with Gasteiger partial charge in [-0.25, -0.2) is 4.79 Å². The van der Waals surface area contributed by atoms with E-state index in [0.717, 1.165) is 7.05 Å². The molecule has 0 aromatic carbocycles. The number of nitrogens with zero attached hydrogens (tertiary/aromatic N) is 1. The minimum atomic E-state index is -2.79. The average molecular weight is 204 g/mol. The number of ether oxygens (including phenoxy) is 1. The highest BCUT2D eigenvalue weighted by atomic mass is 16.6. The van der Waals surface area contributed by atoms with Gasteiger partial charge in [-0.3, -0.25) is 19.3 Å². The lowest BCUT2D eigenvalue weighted by atomic mass is 10.2. The zero-order valence-corrected chi connectivity index (χ0v) is 7.17. The third kappa shape index (κ3) is 1.63. The van der Waals surface area contributed by atoms with Crippen LogP contribution in [0.5, 0.6) is 0 Å². The number of carboxylic acid groups (broad SMARTS) is 1. The molecule has 0 spiro atoms. The van der Waals surface area contributed by atoms with Gasteiger partial charge in [0.15, 0.2) is 0 Å². The summed E-state index contributed by atoms with van der Waals surface area (Å²) in [5.74, 6) is -3.33. The third-order valence-corrected chi connectivity index (χ3v) is 1.50. The maximum Gasteiger partial charge on any atom is 0.380 e. The van der Waals surface area contributed by atoms with Crippen LogP contribution >= 0.6 is 0 Å². The van der Waals surface area contributed by atoms with Crippen molar-refractivity contribution in [2.75, 3.05) is 7.05 Å². The minimum absolute atomic E-state index is 0.00236. The van der Waals surface area contributed by atoms with Crippen LogP contribution in [0.1, 0.15) is 0 Å². The molecule has 0 saturated carbocycles. The van der Waals surface area contributed by atoms with Crippen LogP contribution < -0.4 is 5.73 Å². The van der Waals surface area contributed by atoms with Crippen molar-refractivity contribution in [3.8, 4) is 0 Å². The van der Waals surface area contributed by atoms with Crippen molar-refractivity contribution in [1.29, 1.82) is 0 Å². The summed E-state index contributed by atoms with van der Waals surface area (Å²) in [6.45, 7) is -0.279. The monoisotopic (exact) mass is 204 g/mol. The van der Waals surface area contributed by atoms with Gasteiger partial charge in [0.05, 0.1) is 0 Å². The number of nitrogens with two attached hydrogens (primary N) is 1. The van der Waals surface area contributed by atoms with Crippen LogP contribution in [0, 0.1) is 0 Å². The van der Waals surface area contributed by atoms with Crippen LogP contribution in [0.25, 0.3) is 0 Å². The fourth-order valence-corrected chi connectivity index (χ4v) is 0.766. The predicted octanol–water partition coefficient (Wildman–Crippen LogP) is -2.49. The number of hydrogen-bond donors (Lipinski definition) is 2. The van der Waals surface area contributed by atoms with Gasteiger partial charge in [0.25, 0.3) is 12.4 Å². The Bertz CT molecular complexity index is 261. The molecule has 0 aromatic rings. The summed E-state index contributed by atoms with van der Waals surface area (Å²) in [5.41, 5.74) is 1.94. The Morgan fingerprint density at radius 1 is 1.50 bits per heavy atom. The van der Waals surface area contributed by atoms with Crippen molar-refractivity contribution in [3.63, 3.8) is 0 Å². The molecule has 0 bridgehead atoms. The standard InChI is InChI=1S/C6H8N2O6/c1-8(2-9)6(4(7)11,5(12)13)14-3-10/h2-3H,1H3,(H2,7,11)(H,12,13). The fourth-order valence-electron chi connectivity index (χ4n) is 0.766. The van der Waals surface area contributed by atoms with E-state index in [4.69, 9.17) is 10.8 Å². The van der Waals surface area contributed by atoms with Crippen molar-refractivity contribution in [2.24, 2.45) is 5.73 Å². The molecule has 0 heterocycles. The summed E-state index contributed by atoms with van der Waals surface area (Å²) in [6.07, 6.45) is 0.00236. The summed E-state index contributed by atoms with van der Waals surface area (Å²) in [4.78, 5) is 42.1. The Labute approximate surface area is 78.2 Å². The van der Waals surface area contributed by atoms with E-state index in [2.05, 4.69) is 4.74 Å². The Balaban J connectivity index is 5.35. The van der Waals surface area contributed by atoms with Gasteiger partial charge in [-0.05, 0) is 0 Å². The molecule has 0 aliphatic heterocycles. The summed E-state index contributed by atoms with van der Waals surface area (Å²) >= 11 is 0. The number of amides is 2. The van der Waals surface area contributed by atoms with Crippen LogP contribution in [-0.4, -0.2) is 47.5 Å². The highest BCUT2D eigenvalue weighted by molar-refractivity contribution is 6.06. The van der Waals surface area contributed by atoms with Gasteiger partial charge in [0.1, 0.15) is 0 Å². The lowest BCUT2D eigenvalue weighted by molar-refractivity contribution is -0.195. The number of carboxylic acids is 1. The first-order chi connectivity index (χ1) is 6.43. The Kier molecular flexibility index (Phi) is 3.57. The van der Waals surface area contributed by atoms with E-state index < -0.39 is 17.6 Å². The molecule has 0 aliphatic carbocycles. The molecule has 1 atom stereocenters. The van der Waals surface area contributed by atoms with E-state index in [1.165, 1.54) is 0 Å². The molecule has 0 fully saturated rings. The van der Waals surface area contributed by atoms with Gasteiger partial charge in [0.2, 0.25) is 6.41 Å². The summed E-state index contributed by atoms with van der Waals surface area (Å²) in [5, 5.41) is 8.64. The molecule has 8 nitrogen and oxygen atoms in total. The number of aliphatic carboxylic acids is 1. The van der Waals surface area contributed by atoms with Crippen LogP contribution in [0.4, 0.5) is 0 Å². The average Bonchev–Trinajstić information content (AvgIpc) is 2.11. The van der Waals surface area contributed by atoms with Gasteiger partial charge >= 0.3 is 11.7 Å². The first-order valence-corrected chi connectivity index (χ1v) is 3.26. The largest absolute Gasteiger partial charge is 0.476 e. The number of hydrogen-bond acceptors (Lipinski definition) is 5. The zero-order valence-electron chi connectivity index (χ0n) is 7.17. The molecule has 1 unspecified atom stereocenters. The Hall–Kier alpha value is -2.12. The molecule has 0 rings (SSSR count). The third-order valence-electron chi connectivity index (χ3n) is 1.50. The van der Waals surface area contributed by atoms with Crippen LogP contribution in [-0.2, 0) is 23.9 Å². The topological polar surface area (TPSA) is 127 Å². The van der Waals surface area contributed by atoms with Crippen LogP contribution in [0.3, 0.4) is 0 Å². The predicted molar refractivity (Wildman–Crippen MR) is 40.5 cm³/mol. The first kappa shape index (κ1) is 11.9. The molecule has 0 radical (unpaired) electrons. The van der Waals surface area contributed by atoms with Gasteiger partial charge in [0, 0.05) is 7.05 Å². The molecule has 3 N–H and O–H groups in total. The van der Waals surface area contributed by atoms with Gasteiger partial charge in [-0.2, -0.15) is 0 Å². The number of primary amides is 1. The molecule has 2 amide bonds. The normalized spacial score (nSPS) is 13.5. The van der Waals surface area contributed by atoms with Gasteiger partial charge in [-0.15, -0.1) is 0 Å². The molecule has 0 aliphatic rings. The van der Waals surface area contributed by atoms with Crippen molar-refractivity contribution in [2.45, 2.75) is 5.72 Å². The maximum atomic E-state index is 10.8. The fraction of sp³-hybridized carbons (Fsp3) is 0.333. The lowest BCUT2D eigenvalue weighted by Gasteiger charge is -2.29. The molecular weight excluding hydrogens is 196 g/mol. The van der Waals surface area contributed by atoms with E-state index in [0.29, 0.717) is 4.90 Å². The second-order valence-corrected chi connectivity index (χ2v) is 2.24. The number of rotatable bonds is 6. The van der Waals surface area contributed by atoms with E-state index in [9.17, 15) is 19.2 Å².